The predicted octanol–water partition coefficient (Wildman–Crippen LogP) is 0.272. The molecule has 0 spiro atoms. The summed E-state index contributed by atoms with van der Waals surface area (Å²) in [5, 5.41) is 2.61. The normalized spacial score (nSPS) is 9.17. The maximum absolute atomic E-state index is 9.32. The average Bonchev–Trinajstić information content (AvgIpc) is 1.35. The van der Waals surface area contributed by atoms with Crippen LogP contribution in [-0.4, -0.2) is 25.7 Å². The highest BCUT2D eigenvalue weighted by Gasteiger charge is 1.79. The van der Waals surface area contributed by atoms with E-state index in [0.29, 0.717) is 0 Å². The number of hydrogen-bond donors (Lipinski definition) is 0. The van der Waals surface area contributed by atoms with E-state index in [2.05, 4.69) is 5.18 Å². The van der Waals surface area contributed by atoms with Crippen LogP contribution in [0.15, 0.2) is 5.18 Å². The molecule has 0 amide bonds. The van der Waals surface area contributed by atoms with Gasteiger partial charge in [0.05, 0.1) is 0 Å². The first kappa shape index (κ1) is 5.56. The summed E-state index contributed by atoms with van der Waals surface area (Å²) in [5.41, 5.74) is 0. The Balaban J connectivity index is 2.81. The first-order valence-corrected chi connectivity index (χ1v) is 1.71. The van der Waals surface area contributed by atoms with Crippen LogP contribution < -0.4 is 0 Å². The van der Waals surface area contributed by atoms with Crippen LogP contribution in [0.4, 0.5) is 0 Å². The van der Waals surface area contributed by atoms with E-state index >= 15 is 0 Å². The Labute approximate surface area is 36.9 Å². The molecule has 0 aliphatic carbocycles. The second kappa shape index (κ2) is 2.78. The van der Waals surface area contributed by atoms with Crippen LogP contribution in [-0.2, 0) is 0 Å². The average molecular weight is 90.1 g/mol. The van der Waals surface area contributed by atoms with Crippen LogP contribution in [0, 0.1) is 4.91 Å². The van der Waals surface area contributed by atoms with Gasteiger partial charge in [0.15, 0.2) is 0 Å². The fourth-order valence-electron chi connectivity index (χ4n) is 0.115. The maximum Gasteiger partial charge on any atom is 0.133 e. The third-order valence-electron chi connectivity index (χ3n) is 0.341. The lowest BCUT2D eigenvalue weighted by molar-refractivity contribution is 0.422. The van der Waals surface area contributed by atoms with E-state index in [1.54, 1.807) is 19.0 Å². The van der Waals surface area contributed by atoms with Crippen molar-refractivity contribution < 1.29 is 0 Å². The second-order valence-corrected chi connectivity index (χ2v) is 1.35. The first-order chi connectivity index (χ1) is 2.77. The molecule has 0 atom stereocenters. The molecule has 0 aromatic heterocycles. The van der Waals surface area contributed by atoms with E-state index in [-0.39, 0.29) is 6.67 Å². The van der Waals surface area contributed by atoms with Crippen LogP contribution in [0.1, 0.15) is 0 Å². The van der Waals surface area contributed by atoms with Gasteiger partial charge in [0.1, 0.15) is 6.67 Å². The highest BCUT2D eigenvalue weighted by Crippen LogP contribution is 1.69. The van der Waals surface area contributed by atoms with Gasteiger partial charge in [-0.15, -0.1) is 4.91 Å². The summed E-state index contributed by atoms with van der Waals surface area (Å²) in [5.74, 6) is 0. The molecule has 0 saturated heterocycles. The Morgan fingerprint density at radius 3 is 2.50 bits per heavy atom. The molecular weight excluding hydrogens is 82.0 g/mol. The van der Waals surface area contributed by atoms with E-state index < -0.39 is 0 Å². The smallest absolute Gasteiger partial charge is 0.133 e. The lowest BCUT2D eigenvalue weighted by atomic mass is 11.0. The molecule has 0 aliphatic heterocycles. The van der Waals surface area contributed by atoms with Crippen molar-refractivity contribution in [2.24, 2.45) is 5.18 Å². The van der Waals surface area contributed by atoms with Crippen molar-refractivity contribution in [2.75, 3.05) is 20.8 Å². The summed E-state index contributed by atoms with van der Waals surface area (Å²) in [6.07, 6.45) is 0. The summed E-state index contributed by atoms with van der Waals surface area (Å²) in [7, 11) is 3.59. The molecule has 3 heteroatoms. The molecule has 0 heterocycles. The first-order valence-electron chi connectivity index (χ1n) is 1.71. The van der Waals surface area contributed by atoms with Gasteiger partial charge in [0, 0.05) is 0 Å². The Kier molecular flexibility index (Phi) is 2.58. The fourth-order valence-corrected chi connectivity index (χ4v) is 0.115. The summed E-state index contributed by atoms with van der Waals surface area (Å²) >= 11 is 0. The molecule has 0 bridgehead atoms. The Morgan fingerprint density at radius 2 is 2.50 bits per heavy atom. The molecule has 0 aromatic rings. The van der Waals surface area contributed by atoms with Crippen LogP contribution in [0.25, 0.3) is 0 Å². The maximum atomic E-state index is 9.32. The summed E-state index contributed by atoms with van der Waals surface area (Å²) < 4.78 is 0. The van der Waals surface area contributed by atoms with Crippen LogP contribution >= 0.6 is 0 Å². The molecule has 6 heavy (non-hydrogen) atoms. The van der Waals surface area contributed by atoms with Crippen molar-refractivity contribution in [1.29, 1.82) is 0 Å². The number of rotatable bonds is 2. The molecular formula is C3H8N2O. The predicted molar refractivity (Wildman–Crippen MR) is 24.3 cm³/mol. The minimum Gasteiger partial charge on any atom is -0.288 e. The van der Waals surface area contributed by atoms with E-state index in [0.717, 1.165) is 0 Å². The molecule has 0 aliphatic rings. The monoisotopic (exact) mass is 90.1 g/mol. The molecule has 0 radical (unpaired) electrons. The van der Waals surface area contributed by atoms with Gasteiger partial charge in [-0.1, -0.05) is 5.18 Å². The number of nitrogens with zero attached hydrogens (tertiary/aromatic N) is 2. The van der Waals surface area contributed by atoms with E-state index in [4.69, 9.17) is 0 Å². The van der Waals surface area contributed by atoms with Gasteiger partial charge in [-0.05, 0) is 14.1 Å². The van der Waals surface area contributed by atoms with Crippen molar-refractivity contribution in [3.05, 3.63) is 4.91 Å². The molecule has 0 aromatic carbocycles. The molecule has 3 nitrogen and oxygen atoms in total. The zero-order chi connectivity index (χ0) is 4.99. The van der Waals surface area contributed by atoms with Crippen LogP contribution in [0.5, 0.6) is 0 Å². The van der Waals surface area contributed by atoms with Crippen LogP contribution in [0.3, 0.4) is 0 Å². The van der Waals surface area contributed by atoms with Crippen molar-refractivity contribution in [2.45, 2.75) is 0 Å². The lowest BCUT2D eigenvalue weighted by Crippen LogP contribution is -2.09. The van der Waals surface area contributed by atoms with Gasteiger partial charge < -0.3 is 0 Å². The van der Waals surface area contributed by atoms with Crippen molar-refractivity contribution in [3.8, 4) is 0 Å². The van der Waals surface area contributed by atoms with Gasteiger partial charge in [-0.3, -0.25) is 4.90 Å². The topological polar surface area (TPSA) is 32.7 Å². The molecule has 0 N–H and O–H groups in total. The fraction of sp³-hybridized carbons (Fsp3) is 1.00. The van der Waals surface area contributed by atoms with Crippen molar-refractivity contribution >= 4 is 0 Å². The quantitative estimate of drug-likeness (QED) is 0.456. The zero-order valence-corrected chi connectivity index (χ0v) is 4.01. The minimum atomic E-state index is 0.278. The van der Waals surface area contributed by atoms with E-state index in [1.807, 2.05) is 0 Å². The van der Waals surface area contributed by atoms with Crippen molar-refractivity contribution in [3.63, 3.8) is 0 Å². The third kappa shape index (κ3) is 3.56. The second-order valence-electron chi connectivity index (χ2n) is 1.35. The highest BCUT2D eigenvalue weighted by atomic mass is 16.3. The Hall–Kier alpha value is -0.440. The third-order valence-corrected chi connectivity index (χ3v) is 0.341. The van der Waals surface area contributed by atoms with Gasteiger partial charge in [-0.2, -0.15) is 0 Å². The van der Waals surface area contributed by atoms with Gasteiger partial charge in [0.2, 0.25) is 0 Å². The molecule has 0 rings (SSSR count). The van der Waals surface area contributed by atoms with E-state index in [9.17, 15) is 4.91 Å². The molecule has 0 fully saturated rings. The summed E-state index contributed by atoms with van der Waals surface area (Å²) in [4.78, 5) is 11.0. The standard InChI is InChI=1S/C3H8N2O/c1-5(2)3-4-6/h3H2,1-2H3/i1+2. The Bertz CT molecular complexity index is 44.1. The largest absolute Gasteiger partial charge is 0.288 e. The minimum absolute atomic E-state index is 0.278. The lowest BCUT2D eigenvalue weighted by Gasteiger charge is -1.97. The molecule has 36 valence electrons. The number of hydrogen-bond acceptors (Lipinski definition) is 3. The number of nitroso groups, excluding NO2 is 1. The van der Waals surface area contributed by atoms with Gasteiger partial charge in [-0.25, -0.2) is 0 Å². The van der Waals surface area contributed by atoms with Gasteiger partial charge in [0.25, 0.3) is 0 Å². The van der Waals surface area contributed by atoms with Crippen molar-refractivity contribution in [1.82, 2.24) is 4.90 Å². The highest BCUT2D eigenvalue weighted by molar-refractivity contribution is 4.32. The SMILES string of the molecule is CN([14CH3])CN=O. The van der Waals surface area contributed by atoms with E-state index in [1.165, 1.54) is 0 Å². The molecule has 0 saturated carbocycles. The Morgan fingerprint density at radius 1 is 2.00 bits per heavy atom. The summed E-state index contributed by atoms with van der Waals surface area (Å²) in [6, 6.07) is 0. The zero-order valence-electron chi connectivity index (χ0n) is 4.01. The van der Waals surface area contributed by atoms with Crippen LogP contribution in [0.2, 0.25) is 0 Å². The molecule has 0 unspecified atom stereocenters. The van der Waals surface area contributed by atoms with Gasteiger partial charge >= 0.3 is 0 Å². The summed E-state index contributed by atoms with van der Waals surface area (Å²) in [6.45, 7) is 0.278.